The van der Waals surface area contributed by atoms with E-state index in [-0.39, 0.29) is 0 Å². The van der Waals surface area contributed by atoms with Crippen LogP contribution in [-0.4, -0.2) is 37.3 Å². The van der Waals surface area contributed by atoms with E-state index < -0.39 is 5.97 Å². The first-order valence-corrected chi connectivity index (χ1v) is 9.53. The molecule has 0 aliphatic heterocycles. The van der Waals surface area contributed by atoms with E-state index in [4.69, 9.17) is 15.6 Å². The van der Waals surface area contributed by atoms with Gasteiger partial charge in [-0.2, -0.15) is 0 Å². The molecule has 23 heavy (non-hydrogen) atoms. The van der Waals surface area contributed by atoms with Crippen LogP contribution in [-0.2, 0) is 4.79 Å². The highest BCUT2D eigenvalue weighted by Crippen LogP contribution is 2.13. The Morgan fingerprint density at radius 3 is 1.61 bits per heavy atom. The Labute approximate surface area is 145 Å². The SMILES string of the molecule is CC(=O)[O-].CCCCCCCCCCCC[N+](C)(C)C(N)CC. The first-order valence-electron chi connectivity index (χ1n) is 9.53. The van der Waals surface area contributed by atoms with Crippen molar-refractivity contribution < 1.29 is 14.4 Å². The Balaban J connectivity index is 0. The van der Waals surface area contributed by atoms with Gasteiger partial charge in [-0.15, -0.1) is 0 Å². The number of aliphatic carboxylic acids is 1. The number of nitrogens with zero attached hydrogens (tertiary/aromatic N) is 1. The molecule has 1 unspecified atom stereocenters. The van der Waals surface area contributed by atoms with E-state index in [2.05, 4.69) is 27.9 Å². The van der Waals surface area contributed by atoms with Crippen molar-refractivity contribution in [2.45, 2.75) is 97.6 Å². The molecular weight excluding hydrogens is 288 g/mol. The zero-order valence-electron chi connectivity index (χ0n) is 16.4. The lowest BCUT2D eigenvalue weighted by atomic mass is 10.1. The number of carboxylic acids is 1. The van der Waals surface area contributed by atoms with Crippen LogP contribution in [0.15, 0.2) is 0 Å². The molecule has 0 aliphatic carbocycles. The highest BCUT2D eigenvalue weighted by molar-refractivity contribution is 5.60. The summed E-state index contributed by atoms with van der Waals surface area (Å²) in [6.45, 7) is 6.67. The summed E-state index contributed by atoms with van der Waals surface area (Å²) in [5, 5.41) is 8.89. The van der Waals surface area contributed by atoms with Crippen molar-refractivity contribution in [1.82, 2.24) is 0 Å². The van der Waals surface area contributed by atoms with Crippen molar-refractivity contribution in [2.75, 3.05) is 20.6 Å². The Kier molecular flexibility index (Phi) is 17.4. The van der Waals surface area contributed by atoms with E-state index in [1.165, 1.54) is 70.8 Å². The summed E-state index contributed by atoms with van der Waals surface area (Å²) < 4.78 is 0.980. The summed E-state index contributed by atoms with van der Waals surface area (Å²) in [5.41, 5.74) is 6.14. The first-order chi connectivity index (χ1) is 10.8. The molecule has 0 saturated carbocycles. The van der Waals surface area contributed by atoms with E-state index >= 15 is 0 Å². The number of hydrogen-bond acceptors (Lipinski definition) is 3. The van der Waals surface area contributed by atoms with Gasteiger partial charge in [0.25, 0.3) is 0 Å². The average Bonchev–Trinajstić information content (AvgIpc) is 2.47. The first kappa shape index (κ1) is 24.6. The van der Waals surface area contributed by atoms with Crippen molar-refractivity contribution in [1.29, 1.82) is 0 Å². The number of rotatable bonds is 13. The minimum Gasteiger partial charge on any atom is -0.550 e. The summed E-state index contributed by atoms with van der Waals surface area (Å²) in [6.07, 6.45) is 15.5. The maximum atomic E-state index is 8.89. The number of unbranched alkanes of at least 4 members (excludes halogenated alkanes) is 9. The fourth-order valence-corrected chi connectivity index (χ4v) is 2.67. The fourth-order valence-electron chi connectivity index (χ4n) is 2.67. The molecule has 0 heterocycles. The molecule has 1 atom stereocenters. The second-order valence-electron chi connectivity index (χ2n) is 7.15. The van der Waals surface area contributed by atoms with Gasteiger partial charge in [-0.1, -0.05) is 65.2 Å². The van der Waals surface area contributed by atoms with Crippen LogP contribution in [0.4, 0.5) is 0 Å². The van der Waals surface area contributed by atoms with Crippen LogP contribution in [0.2, 0.25) is 0 Å². The molecule has 0 spiro atoms. The van der Waals surface area contributed by atoms with Crippen molar-refractivity contribution in [3.8, 4) is 0 Å². The van der Waals surface area contributed by atoms with E-state index in [0.717, 1.165) is 17.8 Å². The van der Waals surface area contributed by atoms with Gasteiger partial charge < -0.3 is 14.4 Å². The van der Waals surface area contributed by atoms with Gasteiger partial charge in [-0.05, 0) is 19.8 Å². The number of quaternary nitrogens is 1. The van der Waals surface area contributed by atoms with Crippen molar-refractivity contribution in [3.63, 3.8) is 0 Å². The molecule has 0 aromatic heterocycles. The van der Waals surface area contributed by atoms with Crippen LogP contribution in [0.3, 0.4) is 0 Å². The molecule has 0 aliphatic rings. The Bertz CT molecular complexity index is 264. The van der Waals surface area contributed by atoms with E-state index in [1.807, 2.05) is 0 Å². The van der Waals surface area contributed by atoms with Crippen molar-refractivity contribution in [2.24, 2.45) is 5.73 Å². The lowest BCUT2D eigenvalue weighted by molar-refractivity contribution is -0.915. The van der Waals surface area contributed by atoms with Gasteiger partial charge in [0, 0.05) is 12.4 Å². The monoisotopic (exact) mass is 330 g/mol. The third-order valence-corrected chi connectivity index (χ3v) is 4.40. The Hall–Kier alpha value is -0.610. The molecule has 0 amide bonds. The minimum atomic E-state index is -1.08. The number of nitrogens with two attached hydrogens (primary N) is 1. The van der Waals surface area contributed by atoms with Crippen LogP contribution in [0, 0.1) is 0 Å². The normalized spacial score (nSPS) is 12.4. The van der Waals surface area contributed by atoms with Crippen LogP contribution >= 0.6 is 0 Å². The van der Waals surface area contributed by atoms with Gasteiger partial charge in [0.15, 0.2) is 0 Å². The second-order valence-corrected chi connectivity index (χ2v) is 7.15. The third-order valence-electron chi connectivity index (χ3n) is 4.40. The molecule has 140 valence electrons. The Morgan fingerprint density at radius 1 is 0.913 bits per heavy atom. The number of carboxylic acid groups (broad SMARTS) is 1. The van der Waals surface area contributed by atoms with Gasteiger partial charge in [-0.25, -0.2) is 0 Å². The van der Waals surface area contributed by atoms with Crippen molar-refractivity contribution >= 4 is 5.97 Å². The zero-order chi connectivity index (χ0) is 18.1. The standard InChI is InChI=1S/C17H39N2.C2H4O2/c1-5-7-8-9-10-11-12-13-14-15-16-19(3,4)17(18)6-2;1-2(3)4/h17H,5-16,18H2,1-4H3;1H3,(H,3,4)/q+1;/p-1. The minimum absolute atomic E-state index is 0.304. The molecule has 0 rings (SSSR count). The van der Waals surface area contributed by atoms with Gasteiger partial charge in [0.2, 0.25) is 0 Å². The van der Waals surface area contributed by atoms with E-state index in [1.54, 1.807) is 0 Å². The third kappa shape index (κ3) is 19.3. The molecule has 0 saturated heterocycles. The fraction of sp³-hybridized carbons (Fsp3) is 0.947. The molecule has 0 fully saturated rings. The number of hydrogen-bond donors (Lipinski definition) is 1. The topological polar surface area (TPSA) is 66.1 Å². The van der Waals surface area contributed by atoms with Crippen LogP contribution in [0.25, 0.3) is 0 Å². The highest BCUT2D eigenvalue weighted by Gasteiger charge is 2.21. The smallest absolute Gasteiger partial charge is 0.139 e. The molecule has 4 nitrogen and oxygen atoms in total. The Morgan fingerprint density at radius 2 is 1.26 bits per heavy atom. The molecule has 0 aromatic rings. The van der Waals surface area contributed by atoms with Gasteiger partial charge in [0.1, 0.15) is 6.17 Å². The summed E-state index contributed by atoms with van der Waals surface area (Å²) in [6, 6.07) is 0. The molecule has 4 heteroatoms. The predicted molar refractivity (Wildman–Crippen MR) is 97.8 cm³/mol. The van der Waals surface area contributed by atoms with Gasteiger partial charge >= 0.3 is 0 Å². The summed E-state index contributed by atoms with van der Waals surface area (Å²) in [4.78, 5) is 8.89. The lowest BCUT2D eigenvalue weighted by Gasteiger charge is -2.35. The summed E-state index contributed by atoms with van der Waals surface area (Å²) >= 11 is 0. The maximum Gasteiger partial charge on any atom is 0.139 e. The summed E-state index contributed by atoms with van der Waals surface area (Å²) in [7, 11) is 4.53. The number of carbonyl (C=O) groups is 1. The molecule has 0 aromatic carbocycles. The number of carbonyl (C=O) groups excluding carboxylic acids is 1. The highest BCUT2D eigenvalue weighted by atomic mass is 16.4. The predicted octanol–water partition coefficient (Wildman–Crippen LogP) is 3.43. The molecule has 0 radical (unpaired) electrons. The van der Waals surface area contributed by atoms with Gasteiger partial charge in [0.05, 0.1) is 20.6 Å². The van der Waals surface area contributed by atoms with E-state index in [9.17, 15) is 0 Å². The quantitative estimate of drug-likeness (QED) is 0.319. The van der Waals surface area contributed by atoms with Crippen molar-refractivity contribution in [3.05, 3.63) is 0 Å². The molecule has 2 N–H and O–H groups in total. The summed E-state index contributed by atoms with van der Waals surface area (Å²) in [5.74, 6) is -1.08. The average molecular weight is 331 g/mol. The lowest BCUT2D eigenvalue weighted by Crippen LogP contribution is -2.53. The van der Waals surface area contributed by atoms with Gasteiger partial charge in [-0.3, -0.25) is 5.73 Å². The maximum absolute atomic E-state index is 8.89. The zero-order valence-corrected chi connectivity index (χ0v) is 16.4. The van der Waals surface area contributed by atoms with Crippen LogP contribution in [0.1, 0.15) is 91.4 Å². The van der Waals surface area contributed by atoms with E-state index in [0.29, 0.717) is 6.17 Å². The largest absolute Gasteiger partial charge is 0.550 e. The van der Waals surface area contributed by atoms with Crippen LogP contribution in [0.5, 0.6) is 0 Å². The molecular formula is C19H42N2O2. The second kappa shape index (κ2) is 16.3. The van der Waals surface area contributed by atoms with Crippen LogP contribution < -0.4 is 10.8 Å². The molecule has 0 bridgehead atoms.